The second-order valence-electron chi connectivity index (χ2n) is 3.26. The molecule has 0 heterocycles. The molecule has 0 saturated carbocycles. The maximum absolute atomic E-state index is 9.82. The molecule has 1 amide bonds. The van der Waals surface area contributed by atoms with Crippen LogP contribution in [0, 0.1) is 0 Å². The van der Waals surface area contributed by atoms with Crippen molar-refractivity contribution in [3.05, 3.63) is 12.2 Å². The number of carbonyl (C=O) groups excluding carboxylic acids is 1. The first-order valence-electron chi connectivity index (χ1n) is 4.05. The molecule has 0 aromatic rings. The molecule has 0 aliphatic carbocycles. The highest BCUT2D eigenvalue weighted by Crippen LogP contribution is 1.80. The molecule has 0 rings (SSSR count). The van der Waals surface area contributed by atoms with Crippen molar-refractivity contribution in [3.8, 4) is 0 Å². The topological polar surface area (TPSA) is 66.6 Å². The summed E-state index contributed by atoms with van der Waals surface area (Å²) in [7, 11) is 3.87. The van der Waals surface area contributed by atoms with Crippen LogP contribution in [0.1, 0.15) is 13.8 Å². The zero-order chi connectivity index (χ0) is 11.0. The molecular formula is C9H20N2O2. The molecule has 0 aliphatic heterocycles. The van der Waals surface area contributed by atoms with E-state index in [-0.39, 0.29) is 6.10 Å². The molecular weight excluding hydrogens is 168 g/mol. The predicted molar refractivity (Wildman–Crippen MR) is 54.2 cm³/mol. The zero-order valence-corrected chi connectivity index (χ0v) is 8.87. The van der Waals surface area contributed by atoms with Crippen molar-refractivity contribution in [2.45, 2.75) is 20.0 Å². The molecule has 0 aliphatic rings. The van der Waals surface area contributed by atoms with E-state index < -0.39 is 5.91 Å². The minimum absolute atomic E-state index is 0.199. The third kappa shape index (κ3) is 18.2. The van der Waals surface area contributed by atoms with Crippen LogP contribution >= 0.6 is 0 Å². The lowest BCUT2D eigenvalue weighted by Crippen LogP contribution is -2.22. The van der Waals surface area contributed by atoms with E-state index in [1.165, 1.54) is 0 Å². The van der Waals surface area contributed by atoms with Crippen LogP contribution in [0.25, 0.3) is 0 Å². The third-order valence-electron chi connectivity index (χ3n) is 1.05. The van der Waals surface area contributed by atoms with E-state index in [4.69, 9.17) is 10.8 Å². The Hall–Kier alpha value is -0.870. The van der Waals surface area contributed by atoms with Crippen molar-refractivity contribution in [2.75, 3.05) is 20.6 Å². The summed E-state index contributed by atoms with van der Waals surface area (Å²) in [5.74, 6) is -0.435. The van der Waals surface area contributed by atoms with E-state index in [0.717, 1.165) is 6.54 Å². The molecule has 0 fully saturated rings. The smallest absolute Gasteiger partial charge is 0.243 e. The third-order valence-corrected chi connectivity index (χ3v) is 1.05. The molecule has 1 atom stereocenters. The van der Waals surface area contributed by atoms with Gasteiger partial charge in [0, 0.05) is 12.1 Å². The Morgan fingerprint density at radius 3 is 1.92 bits per heavy atom. The van der Waals surface area contributed by atoms with Gasteiger partial charge in [0.2, 0.25) is 5.91 Å². The van der Waals surface area contributed by atoms with Gasteiger partial charge in [-0.05, 0) is 27.9 Å². The number of aliphatic hydroxyl groups is 1. The normalized spacial score (nSPS) is 11.5. The number of nitrogens with two attached hydrogens (primary N) is 1. The molecule has 4 nitrogen and oxygen atoms in total. The fourth-order valence-corrected chi connectivity index (χ4v) is 0.528. The molecule has 1 unspecified atom stereocenters. The van der Waals surface area contributed by atoms with Crippen molar-refractivity contribution in [3.63, 3.8) is 0 Å². The summed E-state index contributed by atoms with van der Waals surface area (Å²) in [6.45, 7) is 7.38. The van der Waals surface area contributed by atoms with Crippen molar-refractivity contribution >= 4 is 5.91 Å². The Morgan fingerprint density at radius 2 is 1.92 bits per heavy atom. The molecule has 0 aromatic carbocycles. The standard InChI is InChI=1S/C5H13NO.C4H7NO/c1-5(7)4-6(2)3;1-3(2)4(5)6/h5,7H,4H2,1-3H3;1H2,2H3,(H2,5,6). The number of amides is 1. The molecule has 0 aromatic heterocycles. The van der Waals surface area contributed by atoms with Gasteiger partial charge < -0.3 is 15.7 Å². The van der Waals surface area contributed by atoms with Crippen LogP contribution in [0.3, 0.4) is 0 Å². The van der Waals surface area contributed by atoms with Crippen molar-refractivity contribution in [1.29, 1.82) is 0 Å². The molecule has 0 bridgehead atoms. The van der Waals surface area contributed by atoms with Gasteiger partial charge in [-0.2, -0.15) is 0 Å². The van der Waals surface area contributed by atoms with Crippen LogP contribution in [-0.2, 0) is 4.79 Å². The highest BCUT2D eigenvalue weighted by molar-refractivity contribution is 5.90. The Labute approximate surface area is 80.0 Å². The summed E-state index contributed by atoms with van der Waals surface area (Å²) in [6.07, 6.45) is -0.199. The van der Waals surface area contributed by atoms with E-state index in [9.17, 15) is 4.79 Å². The van der Waals surface area contributed by atoms with Gasteiger partial charge in [0.1, 0.15) is 0 Å². The summed E-state index contributed by atoms with van der Waals surface area (Å²) >= 11 is 0. The molecule has 0 saturated heterocycles. The highest BCUT2D eigenvalue weighted by atomic mass is 16.3. The molecule has 3 N–H and O–H groups in total. The Morgan fingerprint density at radius 1 is 1.62 bits per heavy atom. The van der Waals surface area contributed by atoms with E-state index in [1.807, 2.05) is 19.0 Å². The fraction of sp³-hybridized carbons (Fsp3) is 0.667. The number of rotatable bonds is 3. The van der Waals surface area contributed by atoms with E-state index in [1.54, 1.807) is 13.8 Å². The van der Waals surface area contributed by atoms with Gasteiger partial charge in [-0.15, -0.1) is 0 Å². The summed E-state index contributed by atoms with van der Waals surface area (Å²) in [4.78, 5) is 11.8. The summed E-state index contributed by atoms with van der Waals surface area (Å²) < 4.78 is 0. The van der Waals surface area contributed by atoms with Gasteiger partial charge in [-0.25, -0.2) is 0 Å². The van der Waals surface area contributed by atoms with Gasteiger partial charge in [0.05, 0.1) is 6.10 Å². The van der Waals surface area contributed by atoms with Gasteiger partial charge in [-0.1, -0.05) is 6.58 Å². The van der Waals surface area contributed by atoms with Crippen LogP contribution in [-0.4, -0.2) is 42.7 Å². The van der Waals surface area contributed by atoms with E-state index in [0.29, 0.717) is 5.57 Å². The Bertz CT molecular complexity index is 147. The molecule has 0 spiro atoms. The fourth-order valence-electron chi connectivity index (χ4n) is 0.528. The van der Waals surface area contributed by atoms with Crippen LogP contribution < -0.4 is 5.73 Å². The van der Waals surface area contributed by atoms with Gasteiger partial charge in [0.15, 0.2) is 0 Å². The summed E-state index contributed by atoms with van der Waals surface area (Å²) in [6, 6.07) is 0. The van der Waals surface area contributed by atoms with Crippen molar-refractivity contribution in [2.24, 2.45) is 5.73 Å². The van der Waals surface area contributed by atoms with Crippen LogP contribution in [0.4, 0.5) is 0 Å². The first-order valence-corrected chi connectivity index (χ1v) is 4.05. The lowest BCUT2D eigenvalue weighted by Gasteiger charge is -2.10. The van der Waals surface area contributed by atoms with Gasteiger partial charge in [0.25, 0.3) is 0 Å². The van der Waals surface area contributed by atoms with Crippen LogP contribution in [0.2, 0.25) is 0 Å². The Kier molecular flexibility index (Phi) is 8.74. The predicted octanol–water partition coefficient (Wildman–Crippen LogP) is -0.0234. The maximum Gasteiger partial charge on any atom is 0.243 e. The number of hydrogen-bond acceptors (Lipinski definition) is 3. The second-order valence-corrected chi connectivity index (χ2v) is 3.26. The largest absolute Gasteiger partial charge is 0.392 e. The summed E-state index contributed by atoms with van der Waals surface area (Å²) in [5, 5.41) is 8.68. The zero-order valence-electron chi connectivity index (χ0n) is 8.87. The second kappa shape index (κ2) is 7.76. The number of primary amides is 1. The number of likely N-dealkylation sites (N-methyl/N-ethyl adjacent to an activating group) is 1. The first-order chi connectivity index (χ1) is 5.77. The first kappa shape index (κ1) is 14.6. The maximum atomic E-state index is 9.82. The van der Waals surface area contributed by atoms with E-state index >= 15 is 0 Å². The average Bonchev–Trinajstić information content (AvgIpc) is 1.84. The minimum Gasteiger partial charge on any atom is -0.392 e. The minimum atomic E-state index is -0.435. The van der Waals surface area contributed by atoms with Crippen molar-refractivity contribution in [1.82, 2.24) is 4.90 Å². The van der Waals surface area contributed by atoms with Crippen LogP contribution in [0.15, 0.2) is 12.2 Å². The monoisotopic (exact) mass is 188 g/mol. The number of aliphatic hydroxyl groups excluding tert-OH is 1. The Balaban J connectivity index is 0. The number of carbonyl (C=O) groups is 1. The van der Waals surface area contributed by atoms with Gasteiger partial charge >= 0.3 is 0 Å². The molecule has 78 valence electrons. The summed E-state index contributed by atoms with van der Waals surface area (Å²) in [5.41, 5.74) is 5.09. The lowest BCUT2D eigenvalue weighted by atomic mass is 10.3. The van der Waals surface area contributed by atoms with Crippen LogP contribution in [0.5, 0.6) is 0 Å². The number of nitrogens with zero attached hydrogens (tertiary/aromatic N) is 1. The van der Waals surface area contributed by atoms with Gasteiger partial charge in [-0.3, -0.25) is 4.79 Å². The van der Waals surface area contributed by atoms with Crippen molar-refractivity contribution < 1.29 is 9.90 Å². The average molecular weight is 188 g/mol. The SMILES string of the molecule is C=C(C)C(N)=O.CC(O)CN(C)C. The highest BCUT2D eigenvalue weighted by Gasteiger charge is 1.93. The lowest BCUT2D eigenvalue weighted by molar-refractivity contribution is -0.114. The number of hydrogen-bond donors (Lipinski definition) is 2. The quantitative estimate of drug-likeness (QED) is 0.611. The molecule has 4 heteroatoms. The molecule has 13 heavy (non-hydrogen) atoms. The van der Waals surface area contributed by atoms with E-state index in [2.05, 4.69) is 6.58 Å². The molecule has 0 radical (unpaired) electrons.